The molecule has 1 heterocycles. The highest BCUT2D eigenvalue weighted by molar-refractivity contribution is 7.90. The first kappa shape index (κ1) is 16.4. The number of benzene rings is 1. The van der Waals surface area contributed by atoms with E-state index in [1.807, 2.05) is 6.92 Å². The topological polar surface area (TPSA) is 83.6 Å². The van der Waals surface area contributed by atoms with E-state index in [4.69, 9.17) is 0 Å². The van der Waals surface area contributed by atoms with Crippen molar-refractivity contribution in [3.63, 3.8) is 0 Å². The van der Waals surface area contributed by atoms with Crippen LogP contribution >= 0.6 is 0 Å². The molecule has 1 N–H and O–H groups in total. The van der Waals surface area contributed by atoms with E-state index in [1.165, 1.54) is 16.4 Å². The molecule has 1 aromatic carbocycles. The van der Waals surface area contributed by atoms with Gasteiger partial charge in [-0.05, 0) is 24.6 Å². The molecule has 1 aliphatic rings. The Morgan fingerprint density at radius 3 is 2.33 bits per heavy atom. The van der Waals surface area contributed by atoms with Gasteiger partial charge in [0.2, 0.25) is 10.0 Å². The molecule has 1 fully saturated rings. The lowest BCUT2D eigenvalue weighted by Crippen LogP contribution is -2.52. The predicted molar refractivity (Wildman–Crippen MR) is 81.2 cm³/mol. The summed E-state index contributed by atoms with van der Waals surface area (Å²) >= 11 is 0. The molecule has 21 heavy (non-hydrogen) atoms. The van der Waals surface area contributed by atoms with Gasteiger partial charge in [-0.3, -0.25) is 0 Å². The van der Waals surface area contributed by atoms with Crippen LogP contribution in [-0.2, 0) is 25.6 Å². The first-order valence-electron chi connectivity index (χ1n) is 6.69. The number of piperazine rings is 1. The minimum atomic E-state index is -3.53. The van der Waals surface area contributed by atoms with Crippen molar-refractivity contribution < 1.29 is 16.8 Å². The Morgan fingerprint density at radius 2 is 1.81 bits per heavy atom. The third-order valence-corrected chi connectivity index (χ3v) is 6.28. The van der Waals surface area contributed by atoms with Crippen molar-refractivity contribution in [3.05, 3.63) is 29.8 Å². The molecule has 0 spiro atoms. The molecule has 0 saturated carbocycles. The molecule has 118 valence electrons. The average molecular weight is 332 g/mol. The average Bonchev–Trinajstić information content (AvgIpc) is 2.37. The van der Waals surface area contributed by atoms with Crippen LogP contribution in [0.25, 0.3) is 0 Å². The highest BCUT2D eigenvalue weighted by Crippen LogP contribution is 2.20. The van der Waals surface area contributed by atoms with Crippen molar-refractivity contribution in [1.82, 2.24) is 9.62 Å². The van der Waals surface area contributed by atoms with E-state index in [2.05, 4.69) is 5.32 Å². The van der Waals surface area contributed by atoms with Gasteiger partial charge in [-0.1, -0.05) is 12.1 Å². The summed E-state index contributed by atoms with van der Waals surface area (Å²) in [4.78, 5) is 0.202. The van der Waals surface area contributed by atoms with Gasteiger partial charge in [-0.25, -0.2) is 16.8 Å². The summed E-state index contributed by atoms with van der Waals surface area (Å²) in [6.45, 7) is 3.57. The normalized spacial score (nSPS) is 21.3. The zero-order chi connectivity index (χ0) is 15.7. The number of hydrogen-bond acceptors (Lipinski definition) is 5. The van der Waals surface area contributed by atoms with Crippen LogP contribution in [0.5, 0.6) is 0 Å². The fourth-order valence-corrected chi connectivity index (χ4v) is 4.80. The Kier molecular flexibility index (Phi) is 4.72. The van der Waals surface area contributed by atoms with Gasteiger partial charge >= 0.3 is 0 Å². The van der Waals surface area contributed by atoms with Gasteiger partial charge in [0.05, 0.1) is 10.6 Å². The molecule has 1 saturated heterocycles. The van der Waals surface area contributed by atoms with Gasteiger partial charge in [0.1, 0.15) is 0 Å². The summed E-state index contributed by atoms with van der Waals surface area (Å²) in [5.41, 5.74) is 0.588. The SMILES string of the molecule is CC1CNCCN1S(=O)(=O)c1ccc(CS(C)(=O)=O)cc1. The van der Waals surface area contributed by atoms with Crippen LogP contribution in [0.3, 0.4) is 0 Å². The summed E-state index contributed by atoms with van der Waals surface area (Å²) in [6, 6.07) is 5.97. The lowest BCUT2D eigenvalue weighted by atomic mass is 10.2. The van der Waals surface area contributed by atoms with Crippen molar-refractivity contribution in [2.75, 3.05) is 25.9 Å². The van der Waals surface area contributed by atoms with E-state index in [0.717, 1.165) is 6.26 Å². The highest BCUT2D eigenvalue weighted by atomic mass is 32.2. The first-order valence-corrected chi connectivity index (χ1v) is 10.2. The van der Waals surface area contributed by atoms with Gasteiger partial charge in [-0.2, -0.15) is 4.31 Å². The summed E-state index contributed by atoms with van der Waals surface area (Å²) in [5.74, 6) is -0.0859. The summed E-state index contributed by atoms with van der Waals surface area (Å²) in [7, 11) is -6.65. The van der Waals surface area contributed by atoms with Crippen LogP contribution in [0.4, 0.5) is 0 Å². The molecule has 6 nitrogen and oxygen atoms in total. The molecule has 1 aliphatic heterocycles. The molecule has 0 amide bonds. The number of rotatable bonds is 4. The molecule has 1 atom stereocenters. The Hall–Kier alpha value is -0.960. The van der Waals surface area contributed by atoms with Crippen LogP contribution in [0.15, 0.2) is 29.2 Å². The fourth-order valence-electron chi connectivity index (χ4n) is 2.38. The third kappa shape index (κ3) is 4.03. The number of hydrogen-bond donors (Lipinski definition) is 1. The second-order valence-electron chi connectivity index (χ2n) is 5.38. The molecule has 8 heteroatoms. The van der Waals surface area contributed by atoms with Crippen LogP contribution < -0.4 is 5.32 Å². The van der Waals surface area contributed by atoms with E-state index in [1.54, 1.807) is 12.1 Å². The summed E-state index contributed by atoms with van der Waals surface area (Å²) in [6.07, 6.45) is 1.15. The van der Waals surface area contributed by atoms with Crippen LogP contribution in [-0.4, -0.2) is 53.1 Å². The second-order valence-corrected chi connectivity index (χ2v) is 9.41. The number of sulfonamides is 1. The zero-order valence-corrected chi connectivity index (χ0v) is 13.7. The summed E-state index contributed by atoms with van der Waals surface area (Å²) < 4.78 is 49.1. The maximum absolute atomic E-state index is 12.6. The molecule has 0 radical (unpaired) electrons. The molecule has 0 aliphatic carbocycles. The smallest absolute Gasteiger partial charge is 0.243 e. The number of sulfone groups is 1. The van der Waals surface area contributed by atoms with Crippen LogP contribution in [0.2, 0.25) is 0 Å². The Bertz CT molecular complexity index is 696. The van der Waals surface area contributed by atoms with E-state index < -0.39 is 19.9 Å². The maximum atomic E-state index is 12.6. The summed E-state index contributed by atoms with van der Waals surface area (Å²) in [5, 5.41) is 3.15. The quantitative estimate of drug-likeness (QED) is 0.852. The van der Waals surface area contributed by atoms with E-state index >= 15 is 0 Å². The van der Waals surface area contributed by atoms with E-state index in [9.17, 15) is 16.8 Å². The van der Waals surface area contributed by atoms with Crippen LogP contribution in [0, 0.1) is 0 Å². The minimum absolute atomic E-state index is 0.0859. The standard InChI is InChI=1S/C13H20N2O4S2/c1-11-9-14-7-8-15(11)21(18,19)13-5-3-12(4-6-13)10-20(2,16)17/h3-6,11,14H,7-10H2,1-2H3. The van der Waals surface area contributed by atoms with E-state index in [0.29, 0.717) is 25.2 Å². The number of nitrogens with one attached hydrogen (secondary N) is 1. The maximum Gasteiger partial charge on any atom is 0.243 e. The fraction of sp³-hybridized carbons (Fsp3) is 0.538. The highest BCUT2D eigenvalue weighted by Gasteiger charge is 2.30. The van der Waals surface area contributed by atoms with Crippen molar-refractivity contribution >= 4 is 19.9 Å². The Labute approximate surface area is 126 Å². The molecule has 1 aromatic rings. The van der Waals surface area contributed by atoms with Gasteiger partial charge < -0.3 is 5.32 Å². The van der Waals surface area contributed by atoms with Crippen molar-refractivity contribution in [3.8, 4) is 0 Å². The minimum Gasteiger partial charge on any atom is -0.314 e. The van der Waals surface area contributed by atoms with E-state index in [-0.39, 0.29) is 16.7 Å². The van der Waals surface area contributed by atoms with Gasteiger partial charge in [0.15, 0.2) is 9.84 Å². The molecular formula is C13H20N2O4S2. The third-order valence-electron chi connectivity index (χ3n) is 3.40. The Balaban J connectivity index is 2.24. The molecule has 2 rings (SSSR count). The molecule has 0 aromatic heterocycles. The predicted octanol–water partition coefficient (Wildman–Crippen LogP) is 0.214. The molecular weight excluding hydrogens is 312 g/mol. The zero-order valence-electron chi connectivity index (χ0n) is 12.1. The van der Waals surface area contributed by atoms with Crippen molar-refractivity contribution in [2.45, 2.75) is 23.6 Å². The van der Waals surface area contributed by atoms with Gasteiger partial charge in [0, 0.05) is 31.9 Å². The molecule has 1 unspecified atom stereocenters. The second kappa shape index (κ2) is 6.04. The monoisotopic (exact) mass is 332 g/mol. The lowest BCUT2D eigenvalue weighted by molar-refractivity contribution is 0.284. The largest absolute Gasteiger partial charge is 0.314 e. The van der Waals surface area contributed by atoms with Gasteiger partial charge in [0.25, 0.3) is 0 Å². The van der Waals surface area contributed by atoms with Crippen molar-refractivity contribution in [1.29, 1.82) is 0 Å². The van der Waals surface area contributed by atoms with Crippen LogP contribution in [0.1, 0.15) is 12.5 Å². The van der Waals surface area contributed by atoms with Gasteiger partial charge in [-0.15, -0.1) is 0 Å². The lowest BCUT2D eigenvalue weighted by Gasteiger charge is -2.32. The Morgan fingerprint density at radius 1 is 1.19 bits per heavy atom. The number of nitrogens with zero attached hydrogens (tertiary/aromatic N) is 1. The van der Waals surface area contributed by atoms with Crippen molar-refractivity contribution in [2.24, 2.45) is 0 Å². The first-order chi connectivity index (χ1) is 9.70. The molecule has 0 bridgehead atoms.